The van der Waals surface area contributed by atoms with Gasteiger partial charge in [0.1, 0.15) is 5.82 Å². The fourth-order valence-corrected chi connectivity index (χ4v) is 4.18. The molecule has 0 unspecified atom stereocenters. The van der Waals surface area contributed by atoms with E-state index < -0.39 is 0 Å². The molecule has 0 spiro atoms. The topological polar surface area (TPSA) is 54.2 Å². The van der Waals surface area contributed by atoms with Gasteiger partial charge in [-0.2, -0.15) is 0 Å². The average molecular weight is 384 g/mol. The number of anilines is 1. The van der Waals surface area contributed by atoms with Crippen LogP contribution in [0.5, 0.6) is 0 Å². The van der Waals surface area contributed by atoms with Gasteiger partial charge >= 0.3 is 0 Å². The number of aryl methyl sites for hydroxylation is 2. The number of aromatic nitrogens is 3. The van der Waals surface area contributed by atoms with E-state index >= 15 is 0 Å². The number of aliphatic hydroxyl groups excluding tert-OH is 1. The van der Waals surface area contributed by atoms with Crippen molar-refractivity contribution in [3.63, 3.8) is 0 Å². The summed E-state index contributed by atoms with van der Waals surface area (Å²) in [6.45, 7) is 2.54. The molecule has 4 aromatic rings. The van der Waals surface area contributed by atoms with E-state index in [1.807, 2.05) is 36.7 Å². The second kappa shape index (κ2) is 7.68. The van der Waals surface area contributed by atoms with E-state index in [4.69, 9.17) is 9.97 Å². The van der Waals surface area contributed by atoms with Crippen LogP contribution in [0.25, 0.3) is 10.9 Å². The van der Waals surface area contributed by atoms with Gasteiger partial charge < -0.3 is 14.6 Å². The van der Waals surface area contributed by atoms with Crippen molar-refractivity contribution in [2.24, 2.45) is 0 Å². The number of fused-ring (bicyclic) bond motifs is 2. The van der Waals surface area contributed by atoms with Crippen LogP contribution in [-0.4, -0.2) is 26.2 Å². The highest BCUT2D eigenvalue weighted by molar-refractivity contribution is 5.81. The number of nitrogens with zero attached hydrogens (tertiary/aromatic N) is 4. The highest BCUT2D eigenvalue weighted by Gasteiger charge is 2.23. The summed E-state index contributed by atoms with van der Waals surface area (Å²) < 4.78 is 2.29. The monoisotopic (exact) mass is 384 g/mol. The van der Waals surface area contributed by atoms with Gasteiger partial charge in [0.25, 0.3) is 0 Å². The Kier molecular flexibility index (Phi) is 4.74. The predicted octanol–water partition coefficient (Wildman–Crippen LogP) is 3.73. The first-order chi connectivity index (χ1) is 14.3. The molecular weight excluding hydrogens is 360 g/mol. The first-order valence-corrected chi connectivity index (χ1v) is 10.1. The van der Waals surface area contributed by atoms with Crippen LogP contribution in [-0.2, 0) is 32.5 Å². The number of imidazole rings is 1. The van der Waals surface area contributed by atoms with Crippen LogP contribution in [0.3, 0.4) is 0 Å². The summed E-state index contributed by atoms with van der Waals surface area (Å²) in [4.78, 5) is 11.8. The molecule has 0 saturated heterocycles. The summed E-state index contributed by atoms with van der Waals surface area (Å²) >= 11 is 0. The molecule has 3 heterocycles. The predicted molar refractivity (Wildman–Crippen MR) is 115 cm³/mol. The Labute approximate surface area is 170 Å². The van der Waals surface area contributed by atoms with Crippen LogP contribution in [0.4, 0.5) is 5.82 Å². The highest BCUT2D eigenvalue weighted by Crippen LogP contribution is 2.28. The summed E-state index contributed by atoms with van der Waals surface area (Å²) in [5, 5.41) is 11.0. The Hall–Kier alpha value is -3.18. The minimum Gasteiger partial charge on any atom is -0.392 e. The lowest BCUT2D eigenvalue weighted by atomic mass is 10.1. The second-order valence-corrected chi connectivity index (χ2v) is 7.56. The number of hydrogen-bond donors (Lipinski definition) is 1. The molecule has 0 radical (unpaired) electrons. The Morgan fingerprint density at radius 2 is 1.83 bits per heavy atom. The molecule has 0 aliphatic carbocycles. The van der Waals surface area contributed by atoms with Crippen LogP contribution >= 0.6 is 0 Å². The van der Waals surface area contributed by atoms with Gasteiger partial charge in [-0.15, -0.1) is 0 Å². The summed E-state index contributed by atoms with van der Waals surface area (Å²) in [6.07, 6.45) is 3.91. The molecule has 0 bridgehead atoms. The molecular formula is C24H24N4O. The number of pyridine rings is 1. The standard InChI is InChI=1S/C24H24N4O/c29-16-20-14-19-8-4-5-9-21(19)26-24(20)27-13-11-23-22(15-27)25-17-28(23)12-10-18-6-2-1-3-7-18/h1-9,14,17,29H,10-13,15-16H2. The average Bonchev–Trinajstić information content (AvgIpc) is 3.19. The van der Waals surface area contributed by atoms with Crippen molar-refractivity contribution in [1.29, 1.82) is 0 Å². The van der Waals surface area contributed by atoms with Gasteiger partial charge in [-0.3, -0.25) is 0 Å². The van der Waals surface area contributed by atoms with Crippen LogP contribution in [0.1, 0.15) is 22.5 Å². The molecule has 1 aliphatic heterocycles. The molecule has 29 heavy (non-hydrogen) atoms. The minimum atomic E-state index is -0.0119. The van der Waals surface area contributed by atoms with Crippen molar-refractivity contribution >= 4 is 16.7 Å². The van der Waals surface area contributed by atoms with Gasteiger partial charge in [-0.1, -0.05) is 48.5 Å². The Morgan fingerprint density at radius 1 is 1.00 bits per heavy atom. The van der Waals surface area contributed by atoms with E-state index in [0.717, 1.165) is 60.5 Å². The van der Waals surface area contributed by atoms with Crippen molar-refractivity contribution in [2.75, 3.05) is 11.4 Å². The zero-order chi connectivity index (χ0) is 19.6. The van der Waals surface area contributed by atoms with Gasteiger partial charge in [-0.05, 0) is 24.1 Å². The van der Waals surface area contributed by atoms with Crippen molar-refractivity contribution in [2.45, 2.75) is 32.5 Å². The minimum absolute atomic E-state index is 0.0119. The van der Waals surface area contributed by atoms with Gasteiger partial charge in [0.2, 0.25) is 0 Å². The Bertz CT molecular complexity index is 1140. The van der Waals surface area contributed by atoms with Crippen LogP contribution < -0.4 is 4.90 Å². The van der Waals surface area contributed by atoms with E-state index in [-0.39, 0.29) is 6.61 Å². The molecule has 1 aliphatic rings. The maximum atomic E-state index is 9.90. The third kappa shape index (κ3) is 3.49. The third-order valence-corrected chi connectivity index (χ3v) is 5.73. The van der Waals surface area contributed by atoms with E-state index in [2.05, 4.69) is 39.8 Å². The van der Waals surface area contributed by atoms with Gasteiger partial charge in [-0.25, -0.2) is 9.97 Å². The van der Waals surface area contributed by atoms with E-state index in [0.29, 0.717) is 0 Å². The fourth-order valence-electron chi connectivity index (χ4n) is 4.18. The van der Waals surface area contributed by atoms with Crippen molar-refractivity contribution < 1.29 is 5.11 Å². The molecule has 2 aromatic heterocycles. The number of benzene rings is 2. The fraction of sp³-hybridized carbons (Fsp3) is 0.250. The number of hydrogen-bond acceptors (Lipinski definition) is 4. The molecule has 1 N–H and O–H groups in total. The summed E-state index contributed by atoms with van der Waals surface area (Å²) in [5.41, 5.74) is 5.61. The molecule has 0 atom stereocenters. The molecule has 5 nitrogen and oxygen atoms in total. The number of aliphatic hydroxyl groups is 1. The van der Waals surface area contributed by atoms with E-state index in [1.165, 1.54) is 11.3 Å². The maximum Gasteiger partial charge on any atom is 0.135 e. The molecule has 2 aromatic carbocycles. The van der Waals surface area contributed by atoms with Crippen LogP contribution in [0.2, 0.25) is 0 Å². The SMILES string of the molecule is OCc1cc2ccccc2nc1N1CCc2c(ncn2CCc2ccccc2)C1. The summed E-state index contributed by atoms with van der Waals surface area (Å²) in [7, 11) is 0. The number of para-hydroxylation sites is 1. The van der Waals surface area contributed by atoms with E-state index in [9.17, 15) is 5.11 Å². The molecule has 0 saturated carbocycles. The summed E-state index contributed by atoms with van der Waals surface area (Å²) in [5.74, 6) is 0.871. The van der Waals surface area contributed by atoms with Crippen molar-refractivity contribution in [3.05, 3.63) is 89.5 Å². The molecule has 5 rings (SSSR count). The van der Waals surface area contributed by atoms with Crippen molar-refractivity contribution in [1.82, 2.24) is 14.5 Å². The molecule has 146 valence electrons. The lowest BCUT2D eigenvalue weighted by molar-refractivity contribution is 0.281. The lowest BCUT2D eigenvalue weighted by Gasteiger charge is -2.29. The second-order valence-electron chi connectivity index (χ2n) is 7.56. The Balaban J connectivity index is 1.38. The normalized spacial score (nSPS) is 13.6. The zero-order valence-electron chi connectivity index (χ0n) is 16.3. The zero-order valence-corrected chi connectivity index (χ0v) is 16.3. The molecule has 5 heteroatoms. The van der Waals surface area contributed by atoms with Gasteiger partial charge in [0, 0.05) is 36.2 Å². The first-order valence-electron chi connectivity index (χ1n) is 10.1. The largest absolute Gasteiger partial charge is 0.392 e. The lowest BCUT2D eigenvalue weighted by Crippen LogP contribution is -2.32. The number of rotatable bonds is 5. The maximum absolute atomic E-state index is 9.90. The smallest absolute Gasteiger partial charge is 0.135 e. The Morgan fingerprint density at radius 3 is 2.69 bits per heavy atom. The highest BCUT2D eigenvalue weighted by atomic mass is 16.3. The van der Waals surface area contributed by atoms with E-state index in [1.54, 1.807) is 0 Å². The molecule has 0 fully saturated rings. The molecule has 0 amide bonds. The van der Waals surface area contributed by atoms with Crippen molar-refractivity contribution in [3.8, 4) is 0 Å². The first kappa shape index (κ1) is 17.9. The quantitative estimate of drug-likeness (QED) is 0.570. The van der Waals surface area contributed by atoms with Gasteiger partial charge in [0.15, 0.2) is 0 Å². The van der Waals surface area contributed by atoms with Crippen LogP contribution in [0.15, 0.2) is 67.0 Å². The van der Waals surface area contributed by atoms with Crippen LogP contribution in [0, 0.1) is 0 Å². The van der Waals surface area contributed by atoms with Gasteiger partial charge in [0.05, 0.1) is 30.7 Å². The summed E-state index contributed by atoms with van der Waals surface area (Å²) in [6, 6.07) is 20.7. The third-order valence-electron chi connectivity index (χ3n) is 5.73.